The van der Waals surface area contributed by atoms with E-state index in [0.29, 0.717) is 24.0 Å². The molecular formula is C29H32F6N4. The Morgan fingerprint density at radius 3 is 1.95 bits per heavy atom. The Morgan fingerprint density at radius 1 is 0.897 bits per heavy atom. The lowest BCUT2D eigenvalue weighted by atomic mass is 9.90. The fourth-order valence-electron chi connectivity index (χ4n) is 5.46. The average molecular weight is 551 g/mol. The number of nitrogens with zero attached hydrogens (tertiary/aromatic N) is 4. The first-order chi connectivity index (χ1) is 18.2. The number of anilines is 1. The lowest BCUT2D eigenvalue weighted by Gasteiger charge is -2.30. The van der Waals surface area contributed by atoms with Crippen LogP contribution < -0.4 is 4.90 Å². The highest BCUT2D eigenvalue weighted by Crippen LogP contribution is 2.42. The van der Waals surface area contributed by atoms with Crippen LogP contribution in [-0.2, 0) is 37.3 Å². The number of hydrogen-bond acceptors (Lipinski definition) is 4. The van der Waals surface area contributed by atoms with Gasteiger partial charge in [-0.3, -0.25) is 0 Å². The van der Waals surface area contributed by atoms with E-state index in [-0.39, 0.29) is 30.1 Å². The van der Waals surface area contributed by atoms with Gasteiger partial charge in [0.25, 0.3) is 0 Å². The van der Waals surface area contributed by atoms with Crippen molar-refractivity contribution in [3.63, 3.8) is 0 Å². The van der Waals surface area contributed by atoms with E-state index in [4.69, 9.17) is 4.98 Å². The van der Waals surface area contributed by atoms with Gasteiger partial charge in [-0.2, -0.15) is 31.6 Å². The van der Waals surface area contributed by atoms with Gasteiger partial charge in [0, 0.05) is 24.1 Å². The third kappa shape index (κ3) is 6.44. The van der Waals surface area contributed by atoms with E-state index in [1.807, 2.05) is 6.19 Å². The van der Waals surface area contributed by atoms with Crippen molar-refractivity contribution in [1.82, 2.24) is 9.88 Å². The van der Waals surface area contributed by atoms with Gasteiger partial charge < -0.3 is 9.80 Å². The fourth-order valence-corrected chi connectivity index (χ4v) is 5.46. The smallest absolute Gasteiger partial charge is 0.356 e. The summed E-state index contributed by atoms with van der Waals surface area (Å²) in [6, 6.07) is 3.54. The van der Waals surface area contributed by atoms with E-state index in [9.17, 15) is 31.6 Å². The van der Waals surface area contributed by atoms with Crippen molar-refractivity contribution in [2.75, 3.05) is 18.0 Å². The van der Waals surface area contributed by atoms with Crippen molar-refractivity contribution in [3.8, 4) is 6.19 Å². The van der Waals surface area contributed by atoms with E-state index in [2.05, 4.69) is 24.8 Å². The van der Waals surface area contributed by atoms with E-state index < -0.39 is 23.5 Å². The molecule has 5 rings (SSSR count). The monoisotopic (exact) mass is 550 g/mol. The van der Waals surface area contributed by atoms with Crippen LogP contribution in [0.2, 0.25) is 0 Å². The number of aryl methyl sites for hydroxylation is 1. The van der Waals surface area contributed by atoms with E-state index in [1.165, 1.54) is 4.90 Å². The number of aromatic nitrogens is 1. The Labute approximate surface area is 224 Å². The molecule has 1 heterocycles. The molecule has 1 aromatic carbocycles. The van der Waals surface area contributed by atoms with Crippen molar-refractivity contribution in [3.05, 3.63) is 57.8 Å². The molecule has 2 fully saturated rings. The number of benzene rings is 1. The van der Waals surface area contributed by atoms with Crippen LogP contribution in [0.25, 0.3) is 0 Å². The average Bonchev–Trinajstić information content (AvgIpc) is 3.78. The van der Waals surface area contributed by atoms with Crippen LogP contribution >= 0.6 is 0 Å². The Balaban J connectivity index is 1.48. The molecule has 0 radical (unpaired) electrons. The van der Waals surface area contributed by atoms with Crippen LogP contribution in [0.1, 0.15) is 79.5 Å². The second kappa shape index (κ2) is 9.90. The van der Waals surface area contributed by atoms with Gasteiger partial charge in [-0.25, -0.2) is 4.98 Å². The first kappa shape index (κ1) is 27.6. The number of hydrogen-bond donors (Lipinski definition) is 0. The number of fused-ring (bicyclic) bond motifs is 1. The second-order valence-corrected chi connectivity index (χ2v) is 12.0. The Bertz CT molecular complexity index is 1220. The van der Waals surface area contributed by atoms with E-state index >= 15 is 0 Å². The third-order valence-corrected chi connectivity index (χ3v) is 7.99. The van der Waals surface area contributed by atoms with Crippen molar-refractivity contribution in [1.29, 1.82) is 5.26 Å². The quantitative estimate of drug-likeness (QED) is 0.185. The van der Waals surface area contributed by atoms with Crippen molar-refractivity contribution < 1.29 is 26.3 Å². The predicted octanol–water partition coefficient (Wildman–Crippen LogP) is 7.45. The van der Waals surface area contributed by atoms with Gasteiger partial charge in [0.05, 0.1) is 29.9 Å². The molecule has 0 saturated heterocycles. The highest BCUT2D eigenvalue weighted by molar-refractivity contribution is 5.53. The molecule has 210 valence electrons. The summed E-state index contributed by atoms with van der Waals surface area (Å²) in [6.45, 7) is 5.73. The molecule has 0 amide bonds. The molecule has 0 atom stereocenters. The minimum absolute atomic E-state index is 0.0516. The van der Waals surface area contributed by atoms with Crippen LogP contribution in [0, 0.1) is 23.3 Å². The topological polar surface area (TPSA) is 43.2 Å². The molecule has 1 aromatic heterocycles. The van der Waals surface area contributed by atoms with Gasteiger partial charge in [-0.05, 0) is 85.8 Å². The minimum Gasteiger partial charge on any atom is -0.356 e. The Morgan fingerprint density at radius 2 is 1.46 bits per heavy atom. The van der Waals surface area contributed by atoms with Crippen LogP contribution in [0.3, 0.4) is 0 Å². The molecule has 0 spiro atoms. The number of nitriles is 1. The zero-order valence-corrected chi connectivity index (χ0v) is 22.1. The summed E-state index contributed by atoms with van der Waals surface area (Å²) < 4.78 is 80.4. The van der Waals surface area contributed by atoms with Crippen molar-refractivity contribution in [2.45, 2.75) is 83.2 Å². The molecule has 10 heteroatoms. The summed E-state index contributed by atoms with van der Waals surface area (Å²) in [5, 5.41) is 9.92. The van der Waals surface area contributed by atoms with Crippen molar-refractivity contribution >= 4 is 5.82 Å². The van der Waals surface area contributed by atoms with Crippen LogP contribution in [0.5, 0.6) is 0 Å². The molecule has 3 aliphatic rings. The van der Waals surface area contributed by atoms with E-state index in [1.54, 1.807) is 0 Å². The van der Waals surface area contributed by atoms with Gasteiger partial charge in [0.15, 0.2) is 6.19 Å². The Kier molecular flexibility index (Phi) is 7.01. The number of alkyl halides is 6. The minimum atomic E-state index is -4.94. The summed E-state index contributed by atoms with van der Waals surface area (Å²) in [7, 11) is 0. The highest BCUT2D eigenvalue weighted by Gasteiger charge is 2.38. The molecule has 0 N–H and O–H groups in total. The van der Waals surface area contributed by atoms with Crippen molar-refractivity contribution in [2.24, 2.45) is 11.8 Å². The van der Waals surface area contributed by atoms with E-state index in [0.717, 1.165) is 74.3 Å². The van der Waals surface area contributed by atoms with Crippen LogP contribution in [0.15, 0.2) is 24.3 Å². The fraction of sp³-hybridized carbons (Fsp3) is 0.586. The maximum Gasteiger partial charge on any atom is 0.416 e. The SMILES string of the molecule is CC1(C)CCc2cc(CN(C#N)Cc3cc(C(F)(F)F)cc(C(F)(F)F)c3)c(N(CC3CC3)CC3CC3)nc21. The van der Waals surface area contributed by atoms with Gasteiger partial charge in [0.1, 0.15) is 5.82 Å². The molecule has 0 unspecified atom stereocenters. The second-order valence-electron chi connectivity index (χ2n) is 12.0. The number of pyridine rings is 1. The lowest BCUT2D eigenvalue weighted by Crippen LogP contribution is -2.32. The highest BCUT2D eigenvalue weighted by atomic mass is 19.4. The van der Waals surface area contributed by atoms with Gasteiger partial charge in [-0.1, -0.05) is 13.8 Å². The zero-order chi connectivity index (χ0) is 28.2. The zero-order valence-electron chi connectivity index (χ0n) is 22.1. The van der Waals surface area contributed by atoms with Gasteiger partial charge in [0.2, 0.25) is 0 Å². The molecular weight excluding hydrogens is 518 g/mol. The first-order valence-electron chi connectivity index (χ1n) is 13.4. The predicted molar refractivity (Wildman–Crippen MR) is 135 cm³/mol. The lowest BCUT2D eigenvalue weighted by molar-refractivity contribution is -0.143. The maximum absolute atomic E-state index is 13.4. The Hall–Kier alpha value is -2.96. The molecule has 0 bridgehead atoms. The molecule has 3 aliphatic carbocycles. The summed E-state index contributed by atoms with van der Waals surface area (Å²) in [5.41, 5.74) is -0.156. The largest absolute Gasteiger partial charge is 0.416 e. The molecule has 2 saturated carbocycles. The maximum atomic E-state index is 13.4. The molecule has 0 aliphatic heterocycles. The molecule has 2 aromatic rings. The summed E-state index contributed by atoms with van der Waals surface area (Å²) in [6.07, 6.45) is -1.46. The van der Waals surface area contributed by atoms with Gasteiger partial charge in [-0.15, -0.1) is 0 Å². The summed E-state index contributed by atoms with van der Waals surface area (Å²) in [5.74, 6) is 1.98. The van der Waals surface area contributed by atoms with Crippen LogP contribution in [-0.4, -0.2) is 23.0 Å². The summed E-state index contributed by atoms with van der Waals surface area (Å²) >= 11 is 0. The number of halogens is 6. The third-order valence-electron chi connectivity index (χ3n) is 7.99. The standard InChI is InChI=1S/C29H32F6N4/c1-27(2)8-7-21-11-22(26(37-25(21)27)39(14-18-3-4-18)15-19-5-6-19)16-38(17-36)13-20-9-23(28(30,31)32)12-24(10-20)29(33,34)35/h9-12,18-19H,3-8,13-16H2,1-2H3. The first-order valence-corrected chi connectivity index (χ1v) is 13.4. The normalized spacial score (nSPS) is 18.5. The molecule has 4 nitrogen and oxygen atoms in total. The number of rotatable bonds is 9. The molecule has 39 heavy (non-hydrogen) atoms. The summed E-state index contributed by atoms with van der Waals surface area (Å²) in [4.78, 5) is 8.67. The van der Waals surface area contributed by atoms with Gasteiger partial charge >= 0.3 is 12.4 Å². The van der Waals surface area contributed by atoms with Crippen LogP contribution in [0.4, 0.5) is 32.2 Å².